The number of hydrogen-bond acceptors (Lipinski definition) is 3. The molecule has 0 unspecified atom stereocenters. The quantitative estimate of drug-likeness (QED) is 0.173. The summed E-state index contributed by atoms with van der Waals surface area (Å²) >= 11 is 0. The molecular weight excluding hydrogens is 671 g/mol. The first-order chi connectivity index (χ1) is 27.2. The molecule has 0 fully saturated rings. The number of furan rings is 2. The van der Waals surface area contributed by atoms with Crippen LogP contribution >= 0.6 is 0 Å². The molecular formula is C52H33NO2. The lowest BCUT2D eigenvalue weighted by molar-refractivity contribution is 0.668. The second-order valence-electron chi connectivity index (χ2n) is 14.1. The maximum absolute atomic E-state index is 6.43. The molecule has 2 aromatic heterocycles. The minimum absolute atomic E-state index is 0.852. The minimum atomic E-state index is 0.852. The third-order valence-electron chi connectivity index (χ3n) is 10.9. The number of anilines is 3. The topological polar surface area (TPSA) is 29.5 Å². The first-order valence-electron chi connectivity index (χ1n) is 18.7. The minimum Gasteiger partial charge on any atom is -0.456 e. The highest BCUT2D eigenvalue weighted by atomic mass is 16.3. The van der Waals surface area contributed by atoms with Gasteiger partial charge in [-0.1, -0.05) is 133 Å². The Bertz CT molecular complexity index is 3220. The van der Waals surface area contributed by atoms with E-state index in [1.54, 1.807) is 0 Å². The van der Waals surface area contributed by atoms with Gasteiger partial charge in [0.2, 0.25) is 0 Å². The predicted molar refractivity (Wildman–Crippen MR) is 229 cm³/mol. The molecule has 0 bridgehead atoms. The summed E-state index contributed by atoms with van der Waals surface area (Å²) in [5.41, 5.74) is 13.5. The summed E-state index contributed by atoms with van der Waals surface area (Å²) in [6.45, 7) is 0. The summed E-state index contributed by atoms with van der Waals surface area (Å²) in [5.74, 6) is 0. The molecule has 0 atom stereocenters. The van der Waals surface area contributed by atoms with Crippen LogP contribution in [0, 0.1) is 0 Å². The summed E-state index contributed by atoms with van der Waals surface area (Å²) in [6.07, 6.45) is 0. The Morgan fingerprint density at radius 1 is 0.291 bits per heavy atom. The first kappa shape index (κ1) is 31.2. The van der Waals surface area contributed by atoms with Crippen LogP contribution in [0.2, 0.25) is 0 Å². The van der Waals surface area contributed by atoms with Crippen molar-refractivity contribution >= 4 is 71.7 Å². The molecule has 9 aromatic carbocycles. The van der Waals surface area contributed by atoms with Crippen LogP contribution in [0.3, 0.4) is 0 Å². The van der Waals surface area contributed by atoms with E-state index in [4.69, 9.17) is 8.83 Å². The van der Waals surface area contributed by atoms with Gasteiger partial charge in [0.1, 0.15) is 22.3 Å². The van der Waals surface area contributed by atoms with E-state index >= 15 is 0 Å². The van der Waals surface area contributed by atoms with Crippen molar-refractivity contribution in [1.29, 1.82) is 0 Å². The number of nitrogens with zero attached hydrogens (tertiary/aromatic N) is 1. The van der Waals surface area contributed by atoms with E-state index in [2.05, 4.69) is 181 Å². The van der Waals surface area contributed by atoms with Gasteiger partial charge in [-0.05, 0) is 99.3 Å². The summed E-state index contributed by atoms with van der Waals surface area (Å²) in [4.78, 5) is 2.34. The lowest BCUT2D eigenvalue weighted by Crippen LogP contribution is -2.11. The van der Waals surface area contributed by atoms with E-state index < -0.39 is 0 Å². The molecule has 0 aliphatic carbocycles. The van der Waals surface area contributed by atoms with Crippen LogP contribution < -0.4 is 4.90 Å². The zero-order valence-electron chi connectivity index (χ0n) is 29.8. The maximum Gasteiger partial charge on any atom is 0.137 e. The van der Waals surface area contributed by atoms with Gasteiger partial charge < -0.3 is 13.7 Å². The van der Waals surface area contributed by atoms with Crippen LogP contribution in [-0.4, -0.2) is 0 Å². The molecule has 55 heavy (non-hydrogen) atoms. The van der Waals surface area contributed by atoms with Crippen molar-refractivity contribution in [3.05, 3.63) is 200 Å². The van der Waals surface area contributed by atoms with Crippen molar-refractivity contribution < 1.29 is 8.83 Å². The Morgan fingerprint density at radius 3 is 1.60 bits per heavy atom. The average molecular weight is 704 g/mol. The number of benzene rings is 9. The SMILES string of the molecule is c1cc(-c2ccc(-c3ccc4ccccc4c3)cc2)cc(N(c2ccc3c(c2)oc2ccccc23)c2ccccc2-c2ccc3c(c2)oc2ccccc23)c1. The van der Waals surface area contributed by atoms with Crippen molar-refractivity contribution in [3.63, 3.8) is 0 Å². The molecule has 0 N–H and O–H groups in total. The second kappa shape index (κ2) is 12.6. The molecule has 0 aliphatic rings. The van der Waals surface area contributed by atoms with Gasteiger partial charge in [0.15, 0.2) is 0 Å². The van der Waals surface area contributed by atoms with E-state index in [-0.39, 0.29) is 0 Å². The average Bonchev–Trinajstić information content (AvgIpc) is 3.82. The van der Waals surface area contributed by atoms with Gasteiger partial charge in [0.05, 0.1) is 5.69 Å². The molecule has 3 heteroatoms. The zero-order valence-corrected chi connectivity index (χ0v) is 29.8. The largest absolute Gasteiger partial charge is 0.456 e. The Hall–Kier alpha value is -7.36. The van der Waals surface area contributed by atoms with Gasteiger partial charge in [-0.25, -0.2) is 0 Å². The Kier molecular flexibility index (Phi) is 7.17. The highest BCUT2D eigenvalue weighted by molar-refractivity contribution is 6.08. The van der Waals surface area contributed by atoms with Gasteiger partial charge in [-0.2, -0.15) is 0 Å². The fourth-order valence-electron chi connectivity index (χ4n) is 8.14. The number of fused-ring (bicyclic) bond motifs is 7. The van der Waals surface area contributed by atoms with Gasteiger partial charge in [-0.3, -0.25) is 0 Å². The smallest absolute Gasteiger partial charge is 0.137 e. The molecule has 11 rings (SSSR count). The van der Waals surface area contributed by atoms with Gasteiger partial charge >= 0.3 is 0 Å². The van der Waals surface area contributed by atoms with E-state index in [1.165, 1.54) is 21.9 Å². The highest BCUT2D eigenvalue weighted by Crippen LogP contribution is 2.44. The van der Waals surface area contributed by atoms with Crippen molar-refractivity contribution in [2.75, 3.05) is 4.90 Å². The lowest BCUT2D eigenvalue weighted by atomic mass is 9.97. The van der Waals surface area contributed by atoms with Crippen LogP contribution in [0.1, 0.15) is 0 Å². The van der Waals surface area contributed by atoms with E-state index in [0.717, 1.165) is 83.2 Å². The molecule has 0 aliphatic heterocycles. The standard InChI is InChI=1S/C52H33NO2/c1-2-11-37-30-39(25-24-34(37)10-1)36-22-20-35(21-23-36)38-12-9-13-41(31-38)53(42-27-29-47-45-16-5-8-19-50(45)55-52(47)33-42)48-17-6-3-14-43(48)40-26-28-46-44-15-4-7-18-49(44)54-51(46)32-40/h1-33H. The molecule has 0 amide bonds. The second-order valence-corrected chi connectivity index (χ2v) is 14.1. The highest BCUT2D eigenvalue weighted by Gasteiger charge is 2.20. The summed E-state index contributed by atoms with van der Waals surface area (Å²) < 4.78 is 12.8. The Morgan fingerprint density at radius 2 is 0.836 bits per heavy atom. The van der Waals surface area contributed by atoms with Gasteiger partial charge in [-0.15, -0.1) is 0 Å². The summed E-state index contributed by atoms with van der Waals surface area (Å²) in [5, 5.41) is 6.95. The zero-order chi connectivity index (χ0) is 36.3. The van der Waals surface area contributed by atoms with Crippen LogP contribution in [0.15, 0.2) is 209 Å². The van der Waals surface area contributed by atoms with Crippen LogP contribution in [-0.2, 0) is 0 Å². The van der Waals surface area contributed by atoms with Crippen molar-refractivity contribution in [2.24, 2.45) is 0 Å². The van der Waals surface area contributed by atoms with E-state index in [9.17, 15) is 0 Å². The Balaban J connectivity index is 1.04. The van der Waals surface area contributed by atoms with Crippen molar-refractivity contribution in [1.82, 2.24) is 0 Å². The van der Waals surface area contributed by atoms with Gasteiger partial charge in [0, 0.05) is 44.5 Å². The molecule has 258 valence electrons. The van der Waals surface area contributed by atoms with Gasteiger partial charge in [0.25, 0.3) is 0 Å². The Labute approximate surface area is 317 Å². The molecule has 0 saturated carbocycles. The van der Waals surface area contributed by atoms with Crippen LogP contribution in [0.25, 0.3) is 88.0 Å². The monoisotopic (exact) mass is 703 g/mol. The van der Waals surface area contributed by atoms with Crippen LogP contribution in [0.4, 0.5) is 17.1 Å². The van der Waals surface area contributed by atoms with Crippen molar-refractivity contribution in [2.45, 2.75) is 0 Å². The summed E-state index contributed by atoms with van der Waals surface area (Å²) in [7, 11) is 0. The third kappa shape index (κ3) is 5.36. The first-order valence-corrected chi connectivity index (χ1v) is 18.7. The molecule has 3 nitrogen and oxygen atoms in total. The molecule has 0 spiro atoms. The van der Waals surface area contributed by atoms with E-state index in [1.807, 2.05) is 24.3 Å². The molecule has 0 saturated heterocycles. The lowest BCUT2D eigenvalue weighted by Gasteiger charge is -2.28. The fourth-order valence-corrected chi connectivity index (χ4v) is 8.14. The molecule has 11 aromatic rings. The third-order valence-corrected chi connectivity index (χ3v) is 10.9. The van der Waals surface area contributed by atoms with Crippen molar-refractivity contribution in [3.8, 4) is 33.4 Å². The maximum atomic E-state index is 6.43. The normalized spacial score (nSPS) is 11.6. The molecule has 0 radical (unpaired) electrons. The fraction of sp³-hybridized carbons (Fsp3) is 0. The van der Waals surface area contributed by atoms with E-state index in [0.29, 0.717) is 0 Å². The number of hydrogen-bond donors (Lipinski definition) is 0. The van der Waals surface area contributed by atoms with Crippen LogP contribution in [0.5, 0.6) is 0 Å². The predicted octanol–water partition coefficient (Wildman–Crippen LogP) is 15.1. The number of rotatable bonds is 6. The number of para-hydroxylation sites is 3. The summed E-state index contributed by atoms with van der Waals surface area (Å²) in [6, 6.07) is 71.1. The molecule has 2 heterocycles.